The van der Waals surface area contributed by atoms with E-state index in [1.807, 2.05) is 18.7 Å². The van der Waals surface area contributed by atoms with Crippen molar-refractivity contribution < 1.29 is 19.1 Å². The summed E-state index contributed by atoms with van der Waals surface area (Å²) in [5.41, 5.74) is 0.887. The number of ether oxygens (including phenoxy) is 1. The fraction of sp³-hybridized carbons (Fsp3) is 0.471. The Morgan fingerprint density at radius 1 is 1.17 bits per heavy atom. The SMILES string of the molecule is CCOC(=O)c1ccc(N2C(=O)CC(N(CC)CC)C2=O)cc1. The van der Waals surface area contributed by atoms with Crippen molar-refractivity contribution in [2.45, 2.75) is 33.2 Å². The molecule has 1 unspecified atom stereocenters. The van der Waals surface area contributed by atoms with Crippen molar-refractivity contribution in [3.05, 3.63) is 29.8 Å². The highest BCUT2D eigenvalue weighted by Crippen LogP contribution is 2.26. The van der Waals surface area contributed by atoms with Gasteiger partial charge in [-0.25, -0.2) is 9.69 Å². The van der Waals surface area contributed by atoms with Crippen LogP contribution in [0, 0.1) is 0 Å². The van der Waals surface area contributed by atoms with E-state index in [1.54, 1.807) is 31.2 Å². The van der Waals surface area contributed by atoms with Crippen LogP contribution in [0.5, 0.6) is 0 Å². The van der Waals surface area contributed by atoms with E-state index >= 15 is 0 Å². The fourth-order valence-electron chi connectivity index (χ4n) is 2.80. The van der Waals surface area contributed by atoms with Crippen molar-refractivity contribution in [1.82, 2.24) is 4.90 Å². The van der Waals surface area contributed by atoms with Gasteiger partial charge < -0.3 is 4.74 Å². The zero-order chi connectivity index (χ0) is 17.0. The zero-order valence-electron chi connectivity index (χ0n) is 13.7. The Bertz CT molecular complexity index is 593. The van der Waals surface area contributed by atoms with Gasteiger partial charge >= 0.3 is 5.97 Å². The van der Waals surface area contributed by atoms with Crippen LogP contribution in [0.1, 0.15) is 37.6 Å². The summed E-state index contributed by atoms with van der Waals surface area (Å²) < 4.78 is 4.92. The Morgan fingerprint density at radius 3 is 2.30 bits per heavy atom. The molecule has 0 aromatic heterocycles. The van der Waals surface area contributed by atoms with E-state index < -0.39 is 12.0 Å². The van der Waals surface area contributed by atoms with Gasteiger partial charge in [-0.2, -0.15) is 0 Å². The third-order valence-electron chi connectivity index (χ3n) is 4.01. The molecule has 6 nitrogen and oxygen atoms in total. The Morgan fingerprint density at radius 2 is 1.78 bits per heavy atom. The van der Waals surface area contributed by atoms with Gasteiger partial charge in [0.15, 0.2) is 0 Å². The third kappa shape index (κ3) is 3.42. The Kier molecular flexibility index (Phi) is 5.50. The summed E-state index contributed by atoms with van der Waals surface area (Å²) in [5.74, 6) is -0.836. The van der Waals surface area contributed by atoms with Crippen LogP contribution in [0.2, 0.25) is 0 Å². The second-order valence-electron chi connectivity index (χ2n) is 5.28. The standard InChI is InChI=1S/C17H22N2O4/c1-4-18(5-2)14-11-15(20)19(16(14)21)13-9-7-12(8-10-13)17(22)23-6-3/h7-10,14H,4-6,11H2,1-3H3. The predicted molar refractivity (Wildman–Crippen MR) is 86.2 cm³/mol. The molecule has 124 valence electrons. The van der Waals surface area contributed by atoms with Crippen LogP contribution in [-0.4, -0.2) is 48.4 Å². The first kappa shape index (κ1) is 17.1. The lowest BCUT2D eigenvalue weighted by Gasteiger charge is -2.24. The fourth-order valence-corrected chi connectivity index (χ4v) is 2.80. The van der Waals surface area contributed by atoms with Crippen LogP contribution in [0.3, 0.4) is 0 Å². The summed E-state index contributed by atoms with van der Waals surface area (Å²) in [7, 11) is 0. The first-order chi connectivity index (χ1) is 11.0. The van der Waals surface area contributed by atoms with Gasteiger partial charge in [-0.1, -0.05) is 13.8 Å². The van der Waals surface area contributed by atoms with Gasteiger partial charge in [-0.15, -0.1) is 0 Å². The Labute approximate surface area is 136 Å². The van der Waals surface area contributed by atoms with Crippen molar-refractivity contribution in [1.29, 1.82) is 0 Å². The molecule has 1 saturated heterocycles. The van der Waals surface area contributed by atoms with Gasteiger partial charge in [0.2, 0.25) is 5.91 Å². The Hall–Kier alpha value is -2.21. The number of esters is 1. The van der Waals surface area contributed by atoms with Crippen LogP contribution in [-0.2, 0) is 14.3 Å². The van der Waals surface area contributed by atoms with Gasteiger partial charge in [0.05, 0.1) is 30.3 Å². The zero-order valence-corrected chi connectivity index (χ0v) is 13.7. The van der Waals surface area contributed by atoms with Crippen LogP contribution in [0.25, 0.3) is 0 Å². The van der Waals surface area contributed by atoms with Gasteiger partial charge in [0.25, 0.3) is 5.91 Å². The molecule has 0 bridgehead atoms. The second kappa shape index (κ2) is 7.37. The van der Waals surface area contributed by atoms with E-state index in [0.717, 1.165) is 13.1 Å². The van der Waals surface area contributed by atoms with Crippen molar-refractivity contribution in [2.24, 2.45) is 0 Å². The number of hydrogen-bond acceptors (Lipinski definition) is 5. The van der Waals surface area contributed by atoms with Gasteiger partial charge in [-0.05, 0) is 44.3 Å². The topological polar surface area (TPSA) is 66.9 Å². The molecule has 1 atom stereocenters. The first-order valence-corrected chi connectivity index (χ1v) is 7.91. The molecule has 1 heterocycles. The highest BCUT2D eigenvalue weighted by molar-refractivity contribution is 6.22. The number of carbonyl (C=O) groups is 3. The third-order valence-corrected chi connectivity index (χ3v) is 4.01. The summed E-state index contributed by atoms with van der Waals surface area (Å²) in [6.45, 7) is 7.41. The largest absolute Gasteiger partial charge is 0.462 e. The molecule has 2 rings (SSSR count). The molecule has 0 aliphatic carbocycles. The Balaban J connectivity index is 2.20. The minimum absolute atomic E-state index is 0.195. The maximum absolute atomic E-state index is 12.6. The summed E-state index contributed by atoms with van der Waals surface area (Å²) in [6, 6.07) is 5.94. The number of likely N-dealkylation sites (N-methyl/N-ethyl adjacent to an activating group) is 1. The van der Waals surface area contributed by atoms with Gasteiger partial charge in [-0.3, -0.25) is 14.5 Å². The van der Waals surface area contributed by atoms with Gasteiger partial charge in [0.1, 0.15) is 0 Å². The summed E-state index contributed by atoms with van der Waals surface area (Å²) in [4.78, 5) is 39.6. The molecule has 0 spiro atoms. The normalized spacial score (nSPS) is 17.9. The van der Waals surface area contributed by atoms with Crippen LogP contribution in [0.15, 0.2) is 24.3 Å². The lowest BCUT2D eigenvalue weighted by molar-refractivity contribution is -0.122. The molecule has 1 aliphatic heterocycles. The lowest BCUT2D eigenvalue weighted by Crippen LogP contribution is -2.42. The molecule has 1 aromatic carbocycles. The number of carbonyl (C=O) groups excluding carboxylic acids is 3. The highest BCUT2D eigenvalue weighted by atomic mass is 16.5. The molecular formula is C17H22N2O4. The number of amides is 2. The van der Waals surface area contributed by atoms with E-state index in [2.05, 4.69) is 0 Å². The lowest BCUT2D eigenvalue weighted by atomic mass is 10.2. The summed E-state index contributed by atoms with van der Waals surface area (Å²) in [6.07, 6.45) is 0.195. The molecular weight excluding hydrogens is 296 g/mol. The first-order valence-electron chi connectivity index (χ1n) is 7.91. The molecule has 1 aliphatic rings. The van der Waals surface area contributed by atoms with Crippen LogP contribution >= 0.6 is 0 Å². The van der Waals surface area contributed by atoms with E-state index in [4.69, 9.17) is 4.74 Å². The van der Waals surface area contributed by atoms with Gasteiger partial charge in [0, 0.05) is 0 Å². The minimum Gasteiger partial charge on any atom is -0.462 e. The van der Waals surface area contributed by atoms with Crippen LogP contribution in [0.4, 0.5) is 5.69 Å². The second-order valence-corrected chi connectivity index (χ2v) is 5.28. The molecule has 6 heteroatoms. The number of hydrogen-bond donors (Lipinski definition) is 0. The van der Waals surface area contributed by atoms with Crippen molar-refractivity contribution in [3.63, 3.8) is 0 Å². The highest BCUT2D eigenvalue weighted by Gasteiger charge is 2.41. The summed E-state index contributed by atoms with van der Waals surface area (Å²) in [5, 5.41) is 0. The average Bonchev–Trinajstić information content (AvgIpc) is 2.84. The molecule has 1 fully saturated rings. The molecule has 0 N–H and O–H groups in total. The smallest absolute Gasteiger partial charge is 0.338 e. The van der Waals surface area contributed by atoms with Crippen molar-refractivity contribution in [2.75, 3.05) is 24.6 Å². The van der Waals surface area contributed by atoms with Crippen molar-refractivity contribution >= 4 is 23.5 Å². The molecule has 0 saturated carbocycles. The van der Waals surface area contributed by atoms with Crippen LogP contribution < -0.4 is 4.90 Å². The quantitative estimate of drug-likeness (QED) is 0.591. The number of benzene rings is 1. The van der Waals surface area contributed by atoms with E-state index in [1.165, 1.54) is 4.90 Å². The molecule has 0 radical (unpaired) electrons. The maximum atomic E-state index is 12.6. The minimum atomic E-state index is -0.417. The molecule has 1 aromatic rings. The van der Waals surface area contributed by atoms with E-state index in [9.17, 15) is 14.4 Å². The van der Waals surface area contributed by atoms with E-state index in [-0.39, 0.29) is 18.2 Å². The number of rotatable bonds is 6. The van der Waals surface area contributed by atoms with Crippen molar-refractivity contribution in [3.8, 4) is 0 Å². The predicted octanol–water partition coefficient (Wildman–Crippen LogP) is 1.84. The average molecular weight is 318 g/mol. The number of anilines is 1. The molecule has 2 amide bonds. The molecule has 23 heavy (non-hydrogen) atoms. The van der Waals surface area contributed by atoms with E-state index in [0.29, 0.717) is 17.9 Å². The number of nitrogens with zero attached hydrogens (tertiary/aromatic N) is 2. The number of imide groups is 1. The summed E-state index contributed by atoms with van der Waals surface area (Å²) >= 11 is 0. The maximum Gasteiger partial charge on any atom is 0.338 e. The monoisotopic (exact) mass is 318 g/mol.